The van der Waals surface area contributed by atoms with Gasteiger partial charge >= 0.3 is 5.69 Å². The van der Waals surface area contributed by atoms with Gasteiger partial charge < -0.3 is 4.74 Å². The SMILES string of the molecule is Cc1cn([C@@H]2O[C@H](C(C)C)[C@@H](C)[C@H]2C)c(=O)[nH]c1=O. The van der Waals surface area contributed by atoms with Gasteiger partial charge in [-0.25, -0.2) is 4.79 Å². The molecule has 0 radical (unpaired) electrons. The molecule has 0 amide bonds. The molecule has 0 aliphatic carbocycles. The summed E-state index contributed by atoms with van der Waals surface area (Å²) in [4.78, 5) is 25.7. The molecule has 2 heterocycles. The van der Waals surface area contributed by atoms with E-state index in [1.54, 1.807) is 13.1 Å². The van der Waals surface area contributed by atoms with E-state index >= 15 is 0 Å². The summed E-state index contributed by atoms with van der Waals surface area (Å²) in [5.74, 6) is 1.02. The summed E-state index contributed by atoms with van der Waals surface area (Å²) < 4.78 is 7.56. The molecule has 5 heteroatoms. The normalized spacial score (nSPS) is 31.1. The zero-order valence-corrected chi connectivity index (χ0v) is 12.1. The van der Waals surface area contributed by atoms with Gasteiger partial charge in [-0.1, -0.05) is 27.7 Å². The van der Waals surface area contributed by atoms with Crippen LogP contribution in [-0.4, -0.2) is 15.7 Å². The second-order valence-corrected chi connectivity index (χ2v) is 5.93. The number of ether oxygens (including phenoxy) is 1. The van der Waals surface area contributed by atoms with Crippen LogP contribution >= 0.6 is 0 Å². The third kappa shape index (κ3) is 2.39. The summed E-state index contributed by atoms with van der Waals surface area (Å²) in [5, 5.41) is 0. The summed E-state index contributed by atoms with van der Waals surface area (Å²) in [6.07, 6.45) is 1.43. The van der Waals surface area contributed by atoms with E-state index in [2.05, 4.69) is 32.7 Å². The monoisotopic (exact) mass is 266 g/mol. The molecule has 1 fully saturated rings. The van der Waals surface area contributed by atoms with Crippen molar-refractivity contribution in [1.82, 2.24) is 9.55 Å². The van der Waals surface area contributed by atoms with Gasteiger partial charge in [0.25, 0.3) is 5.56 Å². The van der Waals surface area contributed by atoms with Gasteiger partial charge in [-0.2, -0.15) is 0 Å². The molecule has 1 aromatic heterocycles. The number of H-pyrrole nitrogens is 1. The minimum Gasteiger partial charge on any atom is -0.354 e. The zero-order chi connectivity index (χ0) is 14.3. The van der Waals surface area contributed by atoms with E-state index in [-0.39, 0.29) is 23.8 Å². The van der Waals surface area contributed by atoms with Gasteiger partial charge in [-0.15, -0.1) is 0 Å². The van der Waals surface area contributed by atoms with Crippen molar-refractivity contribution in [3.8, 4) is 0 Å². The molecule has 2 rings (SSSR count). The first-order valence-electron chi connectivity index (χ1n) is 6.80. The van der Waals surface area contributed by atoms with Crippen molar-refractivity contribution in [2.75, 3.05) is 0 Å². The molecule has 1 saturated heterocycles. The number of aryl methyl sites for hydroxylation is 1. The number of aromatic nitrogens is 2. The molecule has 0 unspecified atom stereocenters. The van der Waals surface area contributed by atoms with Gasteiger partial charge in [-0.05, 0) is 18.8 Å². The molecule has 1 aliphatic heterocycles. The fourth-order valence-electron chi connectivity index (χ4n) is 2.83. The molecule has 1 N–H and O–H groups in total. The maximum Gasteiger partial charge on any atom is 0.330 e. The third-order valence-corrected chi connectivity index (χ3v) is 4.17. The molecule has 0 bridgehead atoms. The van der Waals surface area contributed by atoms with Crippen LogP contribution in [0.1, 0.15) is 39.5 Å². The Labute approximate surface area is 112 Å². The minimum atomic E-state index is -0.399. The van der Waals surface area contributed by atoms with Crippen LogP contribution in [0, 0.1) is 24.7 Å². The molecular formula is C14H22N2O3. The molecule has 5 nitrogen and oxygen atoms in total. The highest BCUT2D eigenvalue weighted by Gasteiger charge is 2.41. The van der Waals surface area contributed by atoms with Gasteiger partial charge in [-0.3, -0.25) is 14.3 Å². The first-order chi connectivity index (χ1) is 8.82. The lowest BCUT2D eigenvalue weighted by atomic mass is 9.87. The summed E-state index contributed by atoms with van der Waals surface area (Å²) in [7, 11) is 0. The largest absolute Gasteiger partial charge is 0.354 e. The van der Waals surface area contributed by atoms with Gasteiger partial charge in [0, 0.05) is 17.7 Å². The Morgan fingerprint density at radius 2 is 1.89 bits per heavy atom. The second kappa shape index (κ2) is 4.96. The van der Waals surface area contributed by atoms with Crippen molar-refractivity contribution in [3.05, 3.63) is 32.6 Å². The van der Waals surface area contributed by atoms with Crippen LogP contribution in [0.25, 0.3) is 0 Å². The second-order valence-electron chi connectivity index (χ2n) is 5.93. The topological polar surface area (TPSA) is 64.1 Å². The zero-order valence-electron chi connectivity index (χ0n) is 12.1. The molecule has 106 valence electrons. The van der Waals surface area contributed by atoms with E-state index in [1.807, 2.05) is 0 Å². The quantitative estimate of drug-likeness (QED) is 0.885. The van der Waals surface area contributed by atoms with Crippen molar-refractivity contribution in [2.45, 2.75) is 47.0 Å². The van der Waals surface area contributed by atoms with Crippen LogP contribution in [0.2, 0.25) is 0 Å². The van der Waals surface area contributed by atoms with Crippen molar-refractivity contribution in [3.63, 3.8) is 0 Å². The van der Waals surface area contributed by atoms with Crippen molar-refractivity contribution in [1.29, 1.82) is 0 Å². The Bertz CT molecular complexity index is 573. The van der Waals surface area contributed by atoms with E-state index in [0.717, 1.165) is 0 Å². The first-order valence-corrected chi connectivity index (χ1v) is 6.80. The average molecular weight is 266 g/mol. The molecule has 0 saturated carbocycles. The summed E-state index contributed by atoms with van der Waals surface area (Å²) in [5.41, 5.74) is -0.208. The van der Waals surface area contributed by atoms with Crippen LogP contribution in [0.4, 0.5) is 0 Å². The standard InChI is InChI=1S/C14H22N2O3/c1-7(2)11-9(4)10(5)13(19-11)16-6-8(3)12(17)15-14(16)18/h6-7,9-11,13H,1-5H3,(H,15,17,18)/t9-,10+,11+,13+/m0/s1. The van der Waals surface area contributed by atoms with Crippen LogP contribution in [-0.2, 0) is 4.74 Å². The number of rotatable bonds is 2. The minimum absolute atomic E-state index is 0.138. The smallest absolute Gasteiger partial charge is 0.330 e. The average Bonchev–Trinajstić information content (AvgIpc) is 2.62. The van der Waals surface area contributed by atoms with Crippen LogP contribution in [0.3, 0.4) is 0 Å². The highest BCUT2D eigenvalue weighted by atomic mass is 16.5. The van der Waals surface area contributed by atoms with Gasteiger partial charge in [0.05, 0.1) is 6.10 Å². The lowest BCUT2D eigenvalue weighted by molar-refractivity contribution is -0.0347. The molecule has 19 heavy (non-hydrogen) atoms. The van der Waals surface area contributed by atoms with E-state index in [1.165, 1.54) is 4.57 Å². The predicted octanol–water partition coefficient (Wildman–Crippen LogP) is 1.67. The molecule has 1 aromatic rings. The number of aromatic amines is 1. The maximum atomic E-state index is 11.9. The lowest BCUT2D eigenvalue weighted by Crippen LogP contribution is -2.35. The van der Waals surface area contributed by atoms with Gasteiger partial charge in [0.1, 0.15) is 6.23 Å². The first kappa shape index (κ1) is 14.1. The summed E-state index contributed by atoms with van der Waals surface area (Å²) >= 11 is 0. The Morgan fingerprint density at radius 1 is 1.26 bits per heavy atom. The number of hydrogen-bond acceptors (Lipinski definition) is 3. The lowest BCUT2D eigenvalue weighted by Gasteiger charge is -2.19. The Morgan fingerprint density at radius 3 is 2.42 bits per heavy atom. The number of nitrogens with one attached hydrogen (secondary N) is 1. The van der Waals surface area contributed by atoms with E-state index < -0.39 is 5.69 Å². The molecule has 1 aliphatic rings. The Hall–Kier alpha value is -1.36. The highest BCUT2D eigenvalue weighted by Crippen LogP contribution is 2.40. The molecule has 4 atom stereocenters. The van der Waals surface area contributed by atoms with Gasteiger partial charge in [0.2, 0.25) is 0 Å². The molecule has 0 aromatic carbocycles. The summed E-state index contributed by atoms with van der Waals surface area (Å²) in [6.45, 7) is 10.2. The predicted molar refractivity (Wildman–Crippen MR) is 73.1 cm³/mol. The van der Waals surface area contributed by atoms with Gasteiger partial charge in [0.15, 0.2) is 0 Å². The fraction of sp³-hybridized carbons (Fsp3) is 0.714. The fourth-order valence-corrected chi connectivity index (χ4v) is 2.83. The summed E-state index contributed by atoms with van der Waals surface area (Å²) in [6, 6.07) is 0. The number of nitrogens with zero attached hydrogens (tertiary/aromatic N) is 1. The third-order valence-electron chi connectivity index (χ3n) is 4.17. The van der Waals surface area contributed by atoms with Crippen molar-refractivity contribution < 1.29 is 4.74 Å². The maximum absolute atomic E-state index is 11.9. The van der Waals surface area contributed by atoms with Crippen LogP contribution in [0.15, 0.2) is 15.8 Å². The Kier molecular flexibility index (Phi) is 3.67. The highest BCUT2D eigenvalue weighted by molar-refractivity contribution is 5.02. The van der Waals surface area contributed by atoms with Crippen LogP contribution in [0.5, 0.6) is 0 Å². The van der Waals surface area contributed by atoms with E-state index in [9.17, 15) is 9.59 Å². The number of hydrogen-bond donors (Lipinski definition) is 1. The Balaban J connectivity index is 2.41. The van der Waals surface area contributed by atoms with Crippen molar-refractivity contribution >= 4 is 0 Å². The molecular weight excluding hydrogens is 244 g/mol. The van der Waals surface area contributed by atoms with E-state index in [4.69, 9.17) is 4.74 Å². The van der Waals surface area contributed by atoms with Crippen LogP contribution < -0.4 is 11.2 Å². The molecule has 0 spiro atoms. The van der Waals surface area contributed by atoms with E-state index in [0.29, 0.717) is 17.4 Å². The van der Waals surface area contributed by atoms with Crippen molar-refractivity contribution in [2.24, 2.45) is 17.8 Å².